The number of carbonyl (C=O) groups is 2. The quantitative estimate of drug-likeness (QED) is 0.480. The standard InChI is InChI=1S/C20H18N2O4/c23-19-17-10-9-14(13-5-2-1-3-6-13)11-18(17)20(24)21(19)15-7-4-8-16(12-15)22(25)26/h1-8,12,14,17-18H,9-11H2/t14-,17-,18-/m0/s1. The van der Waals surface area contributed by atoms with Crippen LogP contribution in [0.3, 0.4) is 0 Å². The molecule has 4 rings (SSSR count). The fourth-order valence-corrected chi connectivity index (χ4v) is 4.21. The lowest BCUT2D eigenvalue weighted by molar-refractivity contribution is -0.384. The van der Waals surface area contributed by atoms with E-state index in [1.807, 2.05) is 18.2 Å². The van der Waals surface area contributed by atoms with Crippen molar-refractivity contribution in [2.45, 2.75) is 25.2 Å². The minimum absolute atomic E-state index is 0.125. The van der Waals surface area contributed by atoms with E-state index in [2.05, 4.69) is 12.1 Å². The predicted molar refractivity (Wildman–Crippen MR) is 95.6 cm³/mol. The minimum atomic E-state index is -0.521. The molecule has 26 heavy (non-hydrogen) atoms. The van der Waals surface area contributed by atoms with E-state index in [1.54, 1.807) is 6.07 Å². The second kappa shape index (κ2) is 6.37. The van der Waals surface area contributed by atoms with Crippen LogP contribution >= 0.6 is 0 Å². The van der Waals surface area contributed by atoms with Gasteiger partial charge in [-0.3, -0.25) is 19.7 Å². The number of amides is 2. The van der Waals surface area contributed by atoms with Crippen LogP contribution in [0.4, 0.5) is 11.4 Å². The summed E-state index contributed by atoms with van der Waals surface area (Å²) in [5, 5.41) is 11.0. The largest absolute Gasteiger partial charge is 0.274 e. The summed E-state index contributed by atoms with van der Waals surface area (Å²) in [5.41, 5.74) is 1.36. The third kappa shape index (κ3) is 2.67. The number of hydrogen-bond acceptors (Lipinski definition) is 4. The van der Waals surface area contributed by atoms with Crippen molar-refractivity contribution in [2.75, 3.05) is 4.90 Å². The maximum Gasteiger partial charge on any atom is 0.271 e. The van der Waals surface area contributed by atoms with Crippen molar-refractivity contribution in [3.63, 3.8) is 0 Å². The molecule has 2 aromatic carbocycles. The first kappa shape index (κ1) is 16.4. The van der Waals surface area contributed by atoms with Gasteiger partial charge in [0.2, 0.25) is 11.8 Å². The molecule has 0 aromatic heterocycles. The third-order valence-corrected chi connectivity index (χ3v) is 5.50. The van der Waals surface area contributed by atoms with Crippen molar-refractivity contribution in [1.82, 2.24) is 0 Å². The normalized spacial score (nSPS) is 25.2. The van der Waals surface area contributed by atoms with E-state index in [0.717, 1.165) is 11.3 Å². The van der Waals surface area contributed by atoms with Crippen molar-refractivity contribution < 1.29 is 14.5 Å². The number of non-ortho nitro benzene ring substituents is 1. The van der Waals surface area contributed by atoms with Gasteiger partial charge in [-0.2, -0.15) is 0 Å². The zero-order chi connectivity index (χ0) is 18.3. The van der Waals surface area contributed by atoms with Crippen LogP contribution < -0.4 is 4.90 Å². The van der Waals surface area contributed by atoms with Crippen molar-refractivity contribution >= 4 is 23.2 Å². The summed E-state index contributed by atoms with van der Waals surface area (Å²) >= 11 is 0. The first-order valence-electron chi connectivity index (χ1n) is 8.73. The first-order valence-corrected chi connectivity index (χ1v) is 8.73. The Morgan fingerprint density at radius 3 is 2.38 bits per heavy atom. The molecule has 2 aromatic rings. The molecular weight excluding hydrogens is 332 g/mol. The molecule has 0 spiro atoms. The molecule has 0 unspecified atom stereocenters. The number of imide groups is 1. The van der Waals surface area contributed by atoms with Gasteiger partial charge in [0.1, 0.15) is 0 Å². The van der Waals surface area contributed by atoms with Gasteiger partial charge in [-0.1, -0.05) is 36.4 Å². The van der Waals surface area contributed by atoms with Crippen LogP contribution in [0.15, 0.2) is 54.6 Å². The van der Waals surface area contributed by atoms with E-state index in [9.17, 15) is 19.7 Å². The van der Waals surface area contributed by atoms with E-state index in [4.69, 9.17) is 0 Å². The van der Waals surface area contributed by atoms with Gasteiger partial charge in [0.05, 0.1) is 22.4 Å². The summed E-state index contributed by atoms with van der Waals surface area (Å²) in [5.74, 6) is -0.866. The molecule has 1 saturated heterocycles. The number of nitro benzene ring substituents is 1. The Kier molecular flexibility index (Phi) is 4.03. The van der Waals surface area contributed by atoms with E-state index >= 15 is 0 Å². The molecule has 1 aliphatic heterocycles. The molecule has 2 fully saturated rings. The van der Waals surface area contributed by atoms with Crippen LogP contribution in [0.2, 0.25) is 0 Å². The summed E-state index contributed by atoms with van der Waals surface area (Å²) < 4.78 is 0. The predicted octanol–water partition coefficient (Wildman–Crippen LogP) is 3.67. The first-order chi connectivity index (χ1) is 12.6. The van der Waals surface area contributed by atoms with Crippen LogP contribution in [0.1, 0.15) is 30.7 Å². The highest BCUT2D eigenvalue weighted by Crippen LogP contribution is 2.45. The van der Waals surface area contributed by atoms with Crippen LogP contribution in [0.25, 0.3) is 0 Å². The van der Waals surface area contributed by atoms with Gasteiger partial charge in [0, 0.05) is 12.1 Å². The molecule has 1 saturated carbocycles. The lowest BCUT2D eigenvalue weighted by atomic mass is 9.73. The molecule has 1 heterocycles. The van der Waals surface area contributed by atoms with Crippen LogP contribution in [-0.2, 0) is 9.59 Å². The van der Waals surface area contributed by atoms with E-state index in [-0.39, 0.29) is 35.3 Å². The highest BCUT2D eigenvalue weighted by molar-refractivity contribution is 6.22. The molecular formula is C20H18N2O4. The van der Waals surface area contributed by atoms with Gasteiger partial charge in [-0.15, -0.1) is 0 Å². The van der Waals surface area contributed by atoms with Crippen molar-refractivity contribution in [2.24, 2.45) is 11.8 Å². The number of carbonyl (C=O) groups excluding carboxylic acids is 2. The molecule has 0 radical (unpaired) electrons. The summed E-state index contributed by atoms with van der Waals surface area (Å²) in [4.78, 5) is 37.4. The Hall–Kier alpha value is -3.02. The summed E-state index contributed by atoms with van der Waals surface area (Å²) in [6.45, 7) is 0. The van der Waals surface area contributed by atoms with E-state index < -0.39 is 4.92 Å². The van der Waals surface area contributed by atoms with Gasteiger partial charge in [-0.05, 0) is 36.8 Å². The number of fused-ring (bicyclic) bond motifs is 1. The number of nitro groups is 1. The van der Waals surface area contributed by atoms with Crippen molar-refractivity contribution in [1.29, 1.82) is 0 Å². The maximum atomic E-state index is 12.9. The summed E-state index contributed by atoms with van der Waals surface area (Å²) in [7, 11) is 0. The number of rotatable bonds is 3. The second-order valence-electron chi connectivity index (χ2n) is 6.92. The lowest BCUT2D eigenvalue weighted by Gasteiger charge is -2.28. The Labute approximate surface area is 150 Å². The molecule has 0 N–H and O–H groups in total. The summed E-state index contributed by atoms with van der Waals surface area (Å²) in [6.07, 6.45) is 2.18. The Morgan fingerprint density at radius 1 is 0.923 bits per heavy atom. The van der Waals surface area contributed by atoms with Crippen molar-refractivity contribution in [3.8, 4) is 0 Å². The van der Waals surface area contributed by atoms with Crippen LogP contribution in [-0.4, -0.2) is 16.7 Å². The zero-order valence-electron chi connectivity index (χ0n) is 14.1. The number of hydrogen-bond donors (Lipinski definition) is 0. The second-order valence-corrected chi connectivity index (χ2v) is 6.92. The lowest BCUT2D eigenvalue weighted by Crippen LogP contribution is -2.30. The van der Waals surface area contributed by atoms with E-state index in [1.165, 1.54) is 23.8 Å². The molecule has 0 bridgehead atoms. The monoisotopic (exact) mass is 350 g/mol. The molecule has 2 aliphatic rings. The van der Waals surface area contributed by atoms with Crippen LogP contribution in [0.5, 0.6) is 0 Å². The fraction of sp³-hybridized carbons (Fsp3) is 0.300. The highest BCUT2D eigenvalue weighted by atomic mass is 16.6. The molecule has 6 heteroatoms. The van der Waals surface area contributed by atoms with Gasteiger partial charge in [0.25, 0.3) is 5.69 Å². The minimum Gasteiger partial charge on any atom is -0.274 e. The smallest absolute Gasteiger partial charge is 0.271 e. The zero-order valence-corrected chi connectivity index (χ0v) is 14.1. The van der Waals surface area contributed by atoms with Gasteiger partial charge in [0.15, 0.2) is 0 Å². The maximum absolute atomic E-state index is 12.9. The SMILES string of the molecule is O=C1[C@H]2CC[C@H](c3ccccc3)C[C@@H]2C(=O)N1c1cccc([N+](=O)[O-])c1. The molecule has 132 valence electrons. The topological polar surface area (TPSA) is 80.5 Å². The summed E-state index contributed by atoms with van der Waals surface area (Å²) in [6, 6.07) is 15.8. The molecule has 3 atom stereocenters. The van der Waals surface area contributed by atoms with Gasteiger partial charge in [-0.25, -0.2) is 4.90 Å². The third-order valence-electron chi connectivity index (χ3n) is 5.50. The number of benzene rings is 2. The average molecular weight is 350 g/mol. The average Bonchev–Trinajstić information content (AvgIpc) is 2.92. The fourth-order valence-electron chi connectivity index (χ4n) is 4.21. The van der Waals surface area contributed by atoms with E-state index in [0.29, 0.717) is 18.5 Å². The molecule has 6 nitrogen and oxygen atoms in total. The Balaban J connectivity index is 1.61. The molecule has 1 aliphatic carbocycles. The highest BCUT2D eigenvalue weighted by Gasteiger charge is 2.50. The number of anilines is 1. The Bertz CT molecular complexity index is 880. The van der Waals surface area contributed by atoms with Gasteiger partial charge < -0.3 is 0 Å². The Morgan fingerprint density at radius 2 is 1.65 bits per heavy atom. The molecule has 2 amide bonds. The van der Waals surface area contributed by atoms with Crippen molar-refractivity contribution in [3.05, 3.63) is 70.3 Å². The van der Waals surface area contributed by atoms with Crippen LogP contribution in [0, 0.1) is 22.0 Å². The number of nitrogens with zero attached hydrogens (tertiary/aromatic N) is 2. The van der Waals surface area contributed by atoms with Gasteiger partial charge >= 0.3 is 0 Å².